The van der Waals surface area contributed by atoms with Crippen molar-refractivity contribution in [1.29, 1.82) is 0 Å². The Labute approximate surface area is 148 Å². The molecule has 0 aliphatic rings. The maximum absolute atomic E-state index is 11.1. The number of rotatable bonds is 14. The molecule has 3 nitrogen and oxygen atoms in total. The van der Waals surface area contributed by atoms with Crippen molar-refractivity contribution in [3.8, 4) is 0 Å². The second kappa shape index (κ2) is 12.7. The summed E-state index contributed by atoms with van der Waals surface area (Å²) >= 11 is 0. The molecule has 4 heteroatoms. The molecule has 0 aromatic heterocycles. The average molecular weight is 354 g/mol. The Kier molecular flexibility index (Phi) is 11.3. The van der Waals surface area contributed by atoms with E-state index in [0.29, 0.717) is 0 Å². The van der Waals surface area contributed by atoms with Crippen molar-refractivity contribution >= 4 is 12.9 Å². The molecule has 1 aromatic rings. The highest BCUT2D eigenvalue weighted by atomic mass is 31.2. The van der Waals surface area contributed by atoms with Gasteiger partial charge in [-0.1, -0.05) is 89.7 Å². The fourth-order valence-electron chi connectivity index (χ4n) is 3.03. The van der Waals surface area contributed by atoms with Crippen molar-refractivity contribution < 1.29 is 14.4 Å². The summed E-state index contributed by atoms with van der Waals surface area (Å²) < 4.78 is 11.1. The van der Waals surface area contributed by atoms with E-state index >= 15 is 0 Å². The number of aryl methyl sites for hydroxylation is 1. The second-order valence-electron chi connectivity index (χ2n) is 6.85. The lowest BCUT2D eigenvalue weighted by Gasteiger charge is -2.06. The third-order valence-electron chi connectivity index (χ3n) is 4.59. The Morgan fingerprint density at radius 3 is 1.54 bits per heavy atom. The van der Waals surface area contributed by atoms with E-state index in [4.69, 9.17) is 9.79 Å². The third kappa shape index (κ3) is 10.3. The molecule has 0 aliphatic heterocycles. The molecule has 2 N–H and O–H groups in total. The molecule has 0 amide bonds. The van der Waals surface area contributed by atoms with Crippen LogP contribution in [0.1, 0.15) is 89.5 Å². The van der Waals surface area contributed by atoms with Crippen molar-refractivity contribution in [1.82, 2.24) is 0 Å². The van der Waals surface area contributed by atoms with E-state index in [0.717, 1.165) is 12.8 Å². The first-order chi connectivity index (χ1) is 11.5. The highest BCUT2D eigenvalue weighted by Gasteiger charge is 2.15. The lowest BCUT2D eigenvalue weighted by molar-refractivity contribution is 0.387. The van der Waals surface area contributed by atoms with E-state index in [1.54, 1.807) is 12.1 Å². The van der Waals surface area contributed by atoms with Crippen molar-refractivity contribution in [3.05, 3.63) is 29.8 Å². The van der Waals surface area contributed by atoms with Gasteiger partial charge in [0.25, 0.3) is 0 Å². The summed E-state index contributed by atoms with van der Waals surface area (Å²) in [5.41, 5.74) is 1.17. The lowest BCUT2D eigenvalue weighted by atomic mass is 10.0. The summed E-state index contributed by atoms with van der Waals surface area (Å²) in [4.78, 5) is 18.2. The first-order valence-corrected chi connectivity index (χ1v) is 11.3. The van der Waals surface area contributed by atoms with E-state index in [-0.39, 0.29) is 5.30 Å². The molecule has 138 valence electrons. The number of benzene rings is 1. The fourth-order valence-corrected chi connectivity index (χ4v) is 3.56. The van der Waals surface area contributed by atoms with Gasteiger partial charge in [-0.3, -0.25) is 4.57 Å². The summed E-state index contributed by atoms with van der Waals surface area (Å²) in [5.74, 6) is 0. The quantitative estimate of drug-likeness (QED) is 0.331. The first-order valence-electron chi connectivity index (χ1n) is 9.69. The summed E-state index contributed by atoms with van der Waals surface area (Å²) in [7, 11) is -4.10. The van der Waals surface area contributed by atoms with Gasteiger partial charge in [-0.2, -0.15) is 0 Å². The molecule has 0 fully saturated rings. The summed E-state index contributed by atoms with van der Waals surface area (Å²) in [5, 5.41) is 0.112. The van der Waals surface area contributed by atoms with Gasteiger partial charge >= 0.3 is 7.60 Å². The van der Waals surface area contributed by atoms with Crippen LogP contribution in [-0.4, -0.2) is 9.79 Å². The molecule has 0 heterocycles. The van der Waals surface area contributed by atoms with Gasteiger partial charge in [-0.25, -0.2) is 0 Å². The van der Waals surface area contributed by atoms with Gasteiger partial charge < -0.3 is 9.79 Å². The van der Waals surface area contributed by atoms with Crippen LogP contribution in [0.5, 0.6) is 0 Å². The Hall–Kier alpha value is -0.630. The van der Waals surface area contributed by atoms with E-state index < -0.39 is 7.60 Å². The topological polar surface area (TPSA) is 57.5 Å². The number of hydrogen-bond acceptors (Lipinski definition) is 1. The monoisotopic (exact) mass is 354 g/mol. The standard InChI is InChI=1S/C20H35O3P/c1-2-3-4-5-6-7-8-9-10-11-12-13-14-19-15-17-20(18-16-19)24(21,22)23/h15-18H,2-14H2,1H3,(H2,21,22,23). The minimum absolute atomic E-state index is 0.112. The van der Waals surface area contributed by atoms with Gasteiger partial charge in [-0.15, -0.1) is 0 Å². The SMILES string of the molecule is CCCCCCCCCCCCCCc1ccc(P(=O)(O)O)cc1. The van der Waals surface area contributed by atoms with Crippen molar-refractivity contribution in [2.45, 2.75) is 90.4 Å². The van der Waals surface area contributed by atoms with Crippen molar-refractivity contribution in [2.75, 3.05) is 0 Å². The molecular weight excluding hydrogens is 319 g/mol. The average Bonchev–Trinajstić information content (AvgIpc) is 2.55. The van der Waals surface area contributed by atoms with Crippen LogP contribution in [0.2, 0.25) is 0 Å². The molecule has 0 atom stereocenters. The molecular formula is C20H35O3P. The van der Waals surface area contributed by atoms with Crippen LogP contribution in [0, 0.1) is 0 Å². The van der Waals surface area contributed by atoms with Crippen molar-refractivity contribution in [3.63, 3.8) is 0 Å². The zero-order chi connectivity index (χ0) is 17.7. The molecule has 0 aliphatic carbocycles. The third-order valence-corrected chi connectivity index (χ3v) is 5.56. The van der Waals surface area contributed by atoms with Crippen LogP contribution in [0.25, 0.3) is 0 Å². The predicted octanol–water partition coefficient (Wildman–Crippen LogP) is 5.73. The first kappa shape index (κ1) is 21.4. The molecule has 1 aromatic carbocycles. The van der Waals surface area contributed by atoms with Gasteiger partial charge in [-0.05, 0) is 30.5 Å². The summed E-state index contributed by atoms with van der Waals surface area (Å²) in [6, 6.07) is 6.78. The lowest BCUT2D eigenvalue weighted by Crippen LogP contribution is -2.03. The second-order valence-corrected chi connectivity index (χ2v) is 8.45. The molecule has 0 unspecified atom stereocenters. The summed E-state index contributed by atoms with van der Waals surface area (Å²) in [6.07, 6.45) is 17.1. The van der Waals surface area contributed by atoms with Crippen LogP contribution in [0.4, 0.5) is 0 Å². The van der Waals surface area contributed by atoms with E-state index in [1.807, 2.05) is 12.1 Å². The van der Waals surface area contributed by atoms with Gasteiger partial charge in [0.15, 0.2) is 0 Å². The molecule has 0 saturated heterocycles. The minimum atomic E-state index is -4.10. The normalized spacial score (nSPS) is 11.8. The molecule has 0 bridgehead atoms. The number of hydrogen-bond donors (Lipinski definition) is 2. The van der Waals surface area contributed by atoms with Gasteiger partial charge in [0.2, 0.25) is 0 Å². The van der Waals surface area contributed by atoms with Gasteiger partial charge in [0.1, 0.15) is 0 Å². The predicted molar refractivity (Wildman–Crippen MR) is 103 cm³/mol. The zero-order valence-corrected chi connectivity index (χ0v) is 16.1. The Morgan fingerprint density at radius 1 is 0.708 bits per heavy atom. The molecule has 0 spiro atoms. The molecule has 0 radical (unpaired) electrons. The minimum Gasteiger partial charge on any atom is -0.321 e. The van der Waals surface area contributed by atoms with Crippen LogP contribution in [0.3, 0.4) is 0 Å². The van der Waals surface area contributed by atoms with Crippen molar-refractivity contribution in [2.24, 2.45) is 0 Å². The van der Waals surface area contributed by atoms with Crippen LogP contribution in [-0.2, 0) is 11.0 Å². The largest absolute Gasteiger partial charge is 0.356 e. The Balaban J connectivity index is 1.96. The van der Waals surface area contributed by atoms with Gasteiger partial charge in [0.05, 0.1) is 5.30 Å². The highest BCUT2D eigenvalue weighted by Crippen LogP contribution is 2.32. The van der Waals surface area contributed by atoms with Crippen LogP contribution >= 0.6 is 7.60 Å². The fraction of sp³-hybridized carbons (Fsp3) is 0.700. The van der Waals surface area contributed by atoms with Crippen LogP contribution in [0.15, 0.2) is 24.3 Å². The molecule has 0 saturated carbocycles. The Bertz CT molecular complexity index is 464. The summed E-state index contributed by atoms with van der Waals surface area (Å²) in [6.45, 7) is 2.26. The molecule has 24 heavy (non-hydrogen) atoms. The maximum atomic E-state index is 11.1. The van der Waals surface area contributed by atoms with Gasteiger partial charge in [0, 0.05) is 0 Å². The Morgan fingerprint density at radius 2 is 1.12 bits per heavy atom. The highest BCUT2D eigenvalue weighted by molar-refractivity contribution is 7.60. The zero-order valence-electron chi connectivity index (χ0n) is 15.3. The smallest absolute Gasteiger partial charge is 0.321 e. The molecule has 1 rings (SSSR count). The van der Waals surface area contributed by atoms with E-state index in [1.165, 1.54) is 76.2 Å². The van der Waals surface area contributed by atoms with E-state index in [9.17, 15) is 4.57 Å². The van der Waals surface area contributed by atoms with Crippen LogP contribution < -0.4 is 5.30 Å². The van der Waals surface area contributed by atoms with E-state index in [2.05, 4.69) is 6.92 Å². The number of unbranched alkanes of at least 4 members (excludes halogenated alkanes) is 11. The maximum Gasteiger partial charge on any atom is 0.356 e.